The molecule has 0 bridgehead atoms. The number of nitrogens with zero attached hydrogens (tertiary/aromatic N) is 1. The first kappa shape index (κ1) is 12.0. The molecule has 4 nitrogen and oxygen atoms in total. The molecule has 0 fully saturated rings. The van der Waals surface area contributed by atoms with Crippen LogP contribution in [0.3, 0.4) is 0 Å². The number of rotatable bonds is 5. The summed E-state index contributed by atoms with van der Waals surface area (Å²) in [6.45, 7) is 1.52. The van der Waals surface area contributed by atoms with Crippen LogP contribution in [-0.2, 0) is 4.79 Å². The van der Waals surface area contributed by atoms with Crippen molar-refractivity contribution in [3.63, 3.8) is 0 Å². The lowest BCUT2D eigenvalue weighted by atomic mass is 10.0. The lowest BCUT2D eigenvalue weighted by Gasteiger charge is -2.18. The lowest BCUT2D eigenvalue weighted by Crippen LogP contribution is -2.45. The van der Waals surface area contributed by atoms with Gasteiger partial charge in [0.05, 0.1) is 5.03 Å². The fourth-order valence-electron chi connectivity index (χ4n) is 0.907. The number of nitrogens with two attached hydrogens (primary N) is 1. The molecule has 0 aliphatic carbocycles. The SMILES string of the molecule is C[C@](N)(CCSc1ccccn1)C(=O)O. The Morgan fingerprint density at radius 3 is 2.93 bits per heavy atom. The van der Waals surface area contributed by atoms with Gasteiger partial charge in [-0.3, -0.25) is 4.79 Å². The Bertz CT molecular complexity index is 327. The van der Waals surface area contributed by atoms with Crippen molar-refractivity contribution in [2.45, 2.75) is 23.9 Å². The molecule has 1 atom stereocenters. The molecule has 0 spiro atoms. The maximum atomic E-state index is 10.7. The van der Waals surface area contributed by atoms with E-state index in [0.29, 0.717) is 12.2 Å². The quantitative estimate of drug-likeness (QED) is 0.741. The van der Waals surface area contributed by atoms with Gasteiger partial charge in [-0.15, -0.1) is 11.8 Å². The van der Waals surface area contributed by atoms with Gasteiger partial charge in [-0.2, -0.15) is 0 Å². The van der Waals surface area contributed by atoms with E-state index in [1.165, 1.54) is 18.7 Å². The zero-order valence-corrected chi connectivity index (χ0v) is 9.33. The summed E-state index contributed by atoms with van der Waals surface area (Å²) in [6.07, 6.45) is 2.13. The molecule has 3 N–H and O–H groups in total. The maximum absolute atomic E-state index is 10.7. The van der Waals surface area contributed by atoms with Gasteiger partial charge in [-0.25, -0.2) is 4.98 Å². The van der Waals surface area contributed by atoms with Crippen molar-refractivity contribution in [2.24, 2.45) is 5.73 Å². The summed E-state index contributed by atoms with van der Waals surface area (Å²) in [7, 11) is 0. The maximum Gasteiger partial charge on any atom is 0.323 e. The van der Waals surface area contributed by atoms with Crippen LogP contribution >= 0.6 is 11.8 Å². The molecule has 0 saturated heterocycles. The first-order valence-electron chi connectivity index (χ1n) is 4.58. The molecule has 1 rings (SSSR count). The third-order valence-electron chi connectivity index (χ3n) is 2.00. The van der Waals surface area contributed by atoms with Crippen LogP contribution in [0.25, 0.3) is 0 Å². The molecule has 0 unspecified atom stereocenters. The van der Waals surface area contributed by atoms with E-state index in [1.807, 2.05) is 18.2 Å². The van der Waals surface area contributed by atoms with Gasteiger partial charge in [0.2, 0.25) is 0 Å². The van der Waals surface area contributed by atoms with Crippen LogP contribution in [0.5, 0.6) is 0 Å². The Morgan fingerprint density at radius 1 is 1.67 bits per heavy atom. The number of carboxylic acid groups (broad SMARTS) is 1. The van der Waals surface area contributed by atoms with Crippen molar-refractivity contribution >= 4 is 17.7 Å². The molecule has 0 aromatic carbocycles. The molecule has 0 radical (unpaired) electrons. The Balaban J connectivity index is 2.37. The molecular formula is C10H14N2O2S. The van der Waals surface area contributed by atoms with Gasteiger partial charge in [0.15, 0.2) is 0 Å². The van der Waals surface area contributed by atoms with Crippen LogP contribution in [0.2, 0.25) is 0 Å². The number of pyridine rings is 1. The van der Waals surface area contributed by atoms with Crippen molar-refractivity contribution in [1.29, 1.82) is 0 Å². The fraction of sp³-hybridized carbons (Fsp3) is 0.400. The average molecular weight is 226 g/mol. The summed E-state index contributed by atoms with van der Waals surface area (Å²) in [4.78, 5) is 14.8. The van der Waals surface area contributed by atoms with Crippen LogP contribution in [0.15, 0.2) is 29.4 Å². The number of carbonyl (C=O) groups is 1. The fourth-order valence-corrected chi connectivity index (χ4v) is 1.95. The van der Waals surface area contributed by atoms with E-state index >= 15 is 0 Å². The number of carboxylic acids is 1. The number of hydrogen-bond acceptors (Lipinski definition) is 4. The summed E-state index contributed by atoms with van der Waals surface area (Å²) < 4.78 is 0. The molecule has 1 aromatic heterocycles. The molecule has 1 aromatic rings. The third kappa shape index (κ3) is 3.89. The average Bonchev–Trinajstić information content (AvgIpc) is 2.19. The summed E-state index contributed by atoms with van der Waals surface area (Å²) >= 11 is 1.51. The van der Waals surface area contributed by atoms with Gasteiger partial charge in [-0.1, -0.05) is 6.07 Å². The predicted molar refractivity (Wildman–Crippen MR) is 59.8 cm³/mol. The highest BCUT2D eigenvalue weighted by atomic mass is 32.2. The highest BCUT2D eigenvalue weighted by molar-refractivity contribution is 7.99. The largest absolute Gasteiger partial charge is 0.480 e. The minimum absolute atomic E-state index is 0.420. The van der Waals surface area contributed by atoms with Crippen molar-refractivity contribution < 1.29 is 9.90 Å². The zero-order valence-electron chi connectivity index (χ0n) is 8.51. The highest BCUT2D eigenvalue weighted by Gasteiger charge is 2.27. The first-order valence-corrected chi connectivity index (χ1v) is 5.57. The van der Waals surface area contributed by atoms with E-state index in [2.05, 4.69) is 4.98 Å². The minimum Gasteiger partial charge on any atom is -0.480 e. The standard InChI is InChI=1S/C10H14N2O2S/c1-10(11,9(13)14)5-7-15-8-4-2-3-6-12-8/h2-4,6H,5,7,11H2,1H3,(H,13,14)/t10-/m0/s1. The Morgan fingerprint density at radius 2 is 2.40 bits per heavy atom. The van der Waals surface area contributed by atoms with Crippen LogP contribution in [0.1, 0.15) is 13.3 Å². The van der Waals surface area contributed by atoms with Crippen LogP contribution in [-0.4, -0.2) is 27.4 Å². The van der Waals surface area contributed by atoms with E-state index in [9.17, 15) is 4.79 Å². The van der Waals surface area contributed by atoms with Gasteiger partial charge in [0, 0.05) is 11.9 Å². The number of hydrogen-bond donors (Lipinski definition) is 2. The van der Waals surface area contributed by atoms with Gasteiger partial charge in [0.1, 0.15) is 5.54 Å². The highest BCUT2D eigenvalue weighted by Crippen LogP contribution is 2.18. The van der Waals surface area contributed by atoms with E-state index in [-0.39, 0.29) is 0 Å². The van der Waals surface area contributed by atoms with Crippen molar-refractivity contribution in [3.05, 3.63) is 24.4 Å². The van der Waals surface area contributed by atoms with Crippen LogP contribution < -0.4 is 5.73 Å². The molecule has 0 amide bonds. The smallest absolute Gasteiger partial charge is 0.323 e. The lowest BCUT2D eigenvalue weighted by molar-refractivity contribution is -0.142. The minimum atomic E-state index is -1.15. The van der Waals surface area contributed by atoms with Gasteiger partial charge in [-0.05, 0) is 25.5 Å². The third-order valence-corrected chi connectivity index (χ3v) is 2.94. The Kier molecular flexibility index (Phi) is 4.11. The topological polar surface area (TPSA) is 76.2 Å². The molecule has 0 saturated carbocycles. The van der Waals surface area contributed by atoms with Crippen molar-refractivity contribution in [2.75, 3.05) is 5.75 Å². The molecule has 82 valence electrons. The van der Waals surface area contributed by atoms with E-state index in [4.69, 9.17) is 10.8 Å². The molecular weight excluding hydrogens is 212 g/mol. The summed E-state index contributed by atoms with van der Waals surface area (Å²) in [5.41, 5.74) is 4.44. The van der Waals surface area contributed by atoms with Crippen LogP contribution in [0, 0.1) is 0 Å². The Labute approximate surface area is 92.9 Å². The number of aromatic nitrogens is 1. The molecule has 0 aliphatic rings. The predicted octanol–water partition coefficient (Wildman–Crippen LogP) is 1.37. The van der Waals surface area contributed by atoms with E-state index in [0.717, 1.165) is 5.03 Å². The molecule has 5 heteroatoms. The van der Waals surface area contributed by atoms with Gasteiger partial charge in [0.25, 0.3) is 0 Å². The van der Waals surface area contributed by atoms with Crippen molar-refractivity contribution in [1.82, 2.24) is 4.98 Å². The number of thioether (sulfide) groups is 1. The summed E-state index contributed by atoms with van der Waals surface area (Å²) in [6, 6.07) is 5.63. The zero-order chi connectivity index (χ0) is 11.3. The molecule has 0 aliphatic heterocycles. The second kappa shape index (κ2) is 5.14. The first-order chi connectivity index (χ1) is 7.02. The summed E-state index contributed by atoms with van der Waals surface area (Å²) in [5.74, 6) is -0.319. The Hall–Kier alpha value is -1.07. The monoisotopic (exact) mass is 226 g/mol. The normalized spacial score (nSPS) is 14.5. The van der Waals surface area contributed by atoms with Crippen LogP contribution in [0.4, 0.5) is 0 Å². The molecule has 15 heavy (non-hydrogen) atoms. The van der Waals surface area contributed by atoms with Gasteiger partial charge < -0.3 is 10.8 Å². The van der Waals surface area contributed by atoms with Gasteiger partial charge >= 0.3 is 5.97 Å². The second-order valence-corrected chi connectivity index (χ2v) is 4.60. The summed E-state index contributed by atoms with van der Waals surface area (Å²) in [5, 5.41) is 9.68. The number of aliphatic carboxylic acids is 1. The second-order valence-electron chi connectivity index (χ2n) is 3.49. The van der Waals surface area contributed by atoms with E-state index < -0.39 is 11.5 Å². The molecule has 1 heterocycles. The van der Waals surface area contributed by atoms with Crippen molar-refractivity contribution in [3.8, 4) is 0 Å². The van der Waals surface area contributed by atoms with E-state index in [1.54, 1.807) is 6.20 Å².